The van der Waals surface area contributed by atoms with Crippen molar-refractivity contribution in [1.82, 2.24) is 24.4 Å². The van der Waals surface area contributed by atoms with Crippen LogP contribution in [0.5, 0.6) is 6.01 Å². The topological polar surface area (TPSA) is 91.3 Å². The number of nitrogens with two attached hydrogens (primary N) is 1. The molecule has 0 saturated carbocycles. The number of benzene rings is 1. The predicted molar refractivity (Wildman–Crippen MR) is 119 cm³/mol. The van der Waals surface area contributed by atoms with Crippen LogP contribution in [-0.4, -0.2) is 57.3 Å². The molecule has 2 aromatic heterocycles. The van der Waals surface area contributed by atoms with Crippen LogP contribution in [0.15, 0.2) is 29.0 Å². The van der Waals surface area contributed by atoms with E-state index in [1.54, 1.807) is 0 Å². The molecule has 0 atom stereocenters. The Kier molecular flexibility index (Phi) is 6.81. The number of nitrogen functional groups attached to an aromatic ring is 1. The van der Waals surface area contributed by atoms with Gasteiger partial charge in [-0.3, -0.25) is 9.47 Å². The van der Waals surface area contributed by atoms with Crippen molar-refractivity contribution < 1.29 is 9.47 Å². The molecule has 1 saturated heterocycles. The molecule has 0 aliphatic carbocycles. The Morgan fingerprint density at radius 3 is 2.67 bits per heavy atom. The Morgan fingerprint density at radius 1 is 1.13 bits per heavy atom. The van der Waals surface area contributed by atoms with Gasteiger partial charge in [0.05, 0.1) is 26.4 Å². The number of halogens is 1. The molecule has 0 unspecified atom stereocenters. The first-order valence-electron chi connectivity index (χ1n) is 10.3. The summed E-state index contributed by atoms with van der Waals surface area (Å²) in [6.07, 6.45) is 1.99. The van der Waals surface area contributed by atoms with Crippen LogP contribution >= 0.6 is 15.9 Å². The van der Waals surface area contributed by atoms with E-state index in [1.165, 1.54) is 11.1 Å². The van der Waals surface area contributed by atoms with Crippen molar-refractivity contribution in [3.63, 3.8) is 0 Å². The van der Waals surface area contributed by atoms with Gasteiger partial charge in [0.1, 0.15) is 0 Å². The van der Waals surface area contributed by atoms with Crippen molar-refractivity contribution in [3.8, 4) is 6.01 Å². The minimum absolute atomic E-state index is 0.295. The highest BCUT2D eigenvalue weighted by Gasteiger charge is 2.17. The second kappa shape index (κ2) is 9.72. The summed E-state index contributed by atoms with van der Waals surface area (Å²) in [6.45, 7) is 7.78. The first-order valence-corrected chi connectivity index (χ1v) is 11.1. The molecule has 0 radical (unpaired) electrons. The largest absolute Gasteiger partial charge is 0.463 e. The third kappa shape index (κ3) is 4.91. The minimum atomic E-state index is 0.295. The van der Waals surface area contributed by atoms with Gasteiger partial charge >= 0.3 is 6.01 Å². The van der Waals surface area contributed by atoms with E-state index < -0.39 is 0 Å². The molecular weight excluding hydrogens is 448 g/mol. The third-order valence-corrected chi connectivity index (χ3v) is 5.73. The third-order valence-electron chi connectivity index (χ3n) is 5.13. The molecule has 9 heteroatoms. The van der Waals surface area contributed by atoms with Gasteiger partial charge in [-0.1, -0.05) is 37.6 Å². The monoisotopic (exact) mass is 474 g/mol. The molecule has 1 aromatic carbocycles. The van der Waals surface area contributed by atoms with Crippen LogP contribution < -0.4 is 10.5 Å². The number of aromatic nitrogens is 4. The van der Waals surface area contributed by atoms with E-state index >= 15 is 0 Å². The van der Waals surface area contributed by atoms with Gasteiger partial charge in [0.2, 0.25) is 0 Å². The summed E-state index contributed by atoms with van der Waals surface area (Å²) >= 11 is 3.55. The van der Waals surface area contributed by atoms with Crippen molar-refractivity contribution in [1.29, 1.82) is 0 Å². The summed E-state index contributed by atoms with van der Waals surface area (Å²) in [5.74, 6) is 0.326. The highest BCUT2D eigenvalue weighted by molar-refractivity contribution is 9.10. The fourth-order valence-corrected chi connectivity index (χ4v) is 3.98. The SMILES string of the molecule is CCCCOc1nc(N)c2nc(Br)n(Cc3cccc(CN4CCOCC4)c3)c2n1. The van der Waals surface area contributed by atoms with Gasteiger partial charge in [0.25, 0.3) is 0 Å². The van der Waals surface area contributed by atoms with Crippen molar-refractivity contribution in [2.75, 3.05) is 38.6 Å². The lowest BCUT2D eigenvalue weighted by atomic mass is 10.1. The minimum Gasteiger partial charge on any atom is -0.463 e. The summed E-state index contributed by atoms with van der Waals surface area (Å²) < 4.78 is 13.8. The zero-order valence-corrected chi connectivity index (χ0v) is 18.8. The average Bonchev–Trinajstić information content (AvgIpc) is 3.05. The summed E-state index contributed by atoms with van der Waals surface area (Å²) in [4.78, 5) is 15.8. The van der Waals surface area contributed by atoms with Gasteiger partial charge in [-0.05, 0) is 33.5 Å². The number of ether oxygens (including phenoxy) is 2. The molecule has 30 heavy (non-hydrogen) atoms. The fourth-order valence-electron chi connectivity index (χ4n) is 3.51. The Morgan fingerprint density at radius 2 is 1.90 bits per heavy atom. The normalized spacial score (nSPS) is 15.0. The molecule has 1 aliphatic rings. The number of nitrogens with zero attached hydrogens (tertiary/aromatic N) is 5. The standard InChI is InChI=1S/C21H27BrN6O2/c1-2-3-9-30-21-25-18(23)17-19(26-21)28(20(22)24-17)14-16-6-4-5-15(12-16)13-27-7-10-29-11-8-27/h4-6,12H,2-3,7-11,13-14H2,1H3,(H2,23,25,26). The molecule has 160 valence electrons. The summed E-state index contributed by atoms with van der Waals surface area (Å²) in [7, 11) is 0. The van der Waals surface area contributed by atoms with E-state index in [-0.39, 0.29) is 0 Å². The van der Waals surface area contributed by atoms with E-state index in [0.29, 0.717) is 40.9 Å². The molecule has 0 spiro atoms. The quantitative estimate of drug-likeness (QED) is 0.395. The molecule has 1 aliphatic heterocycles. The smallest absolute Gasteiger partial charge is 0.320 e. The maximum Gasteiger partial charge on any atom is 0.320 e. The van der Waals surface area contributed by atoms with Crippen molar-refractivity contribution in [2.24, 2.45) is 0 Å². The Bertz CT molecular complexity index is 1000. The molecular formula is C21H27BrN6O2. The zero-order valence-electron chi connectivity index (χ0n) is 17.2. The molecule has 1 fully saturated rings. The van der Waals surface area contributed by atoms with Crippen LogP contribution in [0.1, 0.15) is 30.9 Å². The molecule has 3 aromatic rings. The summed E-state index contributed by atoms with van der Waals surface area (Å²) in [6, 6.07) is 8.91. The zero-order chi connectivity index (χ0) is 20.9. The van der Waals surface area contributed by atoms with Crippen LogP contribution in [0.3, 0.4) is 0 Å². The highest BCUT2D eigenvalue weighted by atomic mass is 79.9. The number of morpholine rings is 1. The van der Waals surface area contributed by atoms with Crippen LogP contribution in [0.4, 0.5) is 5.82 Å². The van der Waals surface area contributed by atoms with Gasteiger partial charge in [-0.25, -0.2) is 4.98 Å². The first kappa shape index (κ1) is 21.0. The average molecular weight is 475 g/mol. The maximum absolute atomic E-state index is 6.12. The fraction of sp³-hybridized carbons (Fsp3) is 0.476. The lowest BCUT2D eigenvalue weighted by Gasteiger charge is -2.26. The van der Waals surface area contributed by atoms with Gasteiger partial charge in [0, 0.05) is 19.6 Å². The van der Waals surface area contributed by atoms with Crippen molar-refractivity contribution in [2.45, 2.75) is 32.9 Å². The molecule has 0 bridgehead atoms. The molecule has 4 rings (SSSR count). The number of anilines is 1. The molecule has 3 heterocycles. The van der Waals surface area contributed by atoms with Crippen molar-refractivity contribution in [3.05, 3.63) is 40.1 Å². The Hall–Kier alpha value is -2.23. The van der Waals surface area contributed by atoms with E-state index in [0.717, 1.165) is 45.7 Å². The highest BCUT2D eigenvalue weighted by Crippen LogP contribution is 2.25. The number of unbranched alkanes of at least 4 members (excludes halogenated alkanes) is 1. The van der Waals surface area contributed by atoms with Crippen LogP contribution in [0.2, 0.25) is 0 Å². The van der Waals surface area contributed by atoms with E-state index in [1.807, 2.05) is 4.57 Å². The van der Waals surface area contributed by atoms with E-state index in [9.17, 15) is 0 Å². The maximum atomic E-state index is 6.12. The lowest BCUT2D eigenvalue weighted by molar-refractivity contribution is 0.0342. The summed E-state index contributed by atoms with van der Waals surface area (Å²) in [5.41, 5.74) is 9.82. The van der Waals surface area contributed by atoms with Crippen LogP contribution in [-0.2, 0) is 17.8 Å². The predicted octanol–water partition coefficient (Wildman–Crippen LogP) is 3.23. The van der Waals surface area contributed by atoms with Gasteiger partial charge in [-0.15, -0.1) is 0 Å². The molecule has 8 nitrogen and oxygen atoms in total. The Labute approximate surface area is 184 Å². The second-order valence-electron chi connectivity index (χ2n) is 7.44. The number of rotatable bonds is 8. The number of fused-ring (bicyclic) bond motifs is 1. The van der Waals surface area contributed by atoms with Gasteiger partial charge < -0.3 is 15.2 Å². The summed E-state index contributed by atoms with van der Waals surface area (Å²) in [5, 5.41) is 0. The van der Waals surface area contributed by atoms with Crippen molar-refractivity contribution >= 4 is 32.9 Å². The van der Waals surface area contributed by atoms with E-state index in [4.69, 9.17) is 15.2 Å². The van der Waals surface area contributed by atoms with Crippen LogP contribution in [0, 0.1) is 0 Å². The number of hydrogen-bond acceptors (Lipinski definition) is 7. The Balaban J connectivity index is 1.57. The first-order chi connectivity index (χ1) is 14.6. The van der Waals surface area contributed by atoms with E-state index in [2.05, 4.69) is 67.0 Å². The number of imidazole rings is 1. The number of hydrogen-bond donors (Lipinski definition) is 1. The van der Waals surface area contributed by atoms with Gasteiger partial charge in [0.15, 0.2) is 21.7 Å². The molecule has 2 N–H and O–H groups in total. The van der Waals surface area contributed by atoms with Crippen LogP contribution in [0.25, 0.3) is 11.2 Å². The lowest BCUT2D eigenvalue weighted by Crippen LogP contribution is -2.35. The molecule has 0 amide bonds. The second-order valence-corrected chi connectivity index (χ2v) is 8.15. The van der Waals surface area contributed by atoms with Gasteiger partial charge in [-0.2, -0.15) is 9.97 Å².